The molecule has 0 aliphatic carbocycles. The summed E-state index contributed by atoms with van der Waals surface area (Å²) in [7, 11) is 0. The molecule has 0 saturated carbocycles. The summed E-state index contributed by atoms with van der Waals surface area (Å²) in [5.74, 6) is 0. The molecule has 1 saturated heterocycles. The predicted octanol–water partition coefficient (Wildman–Crippen LogP) is 5.46. The SMILES string of the molecule is O=c1ccc2cnc3ccc(-c4ncccc4N4CCOCC4)cc3c2n1-c1cccc(C(F)(F)F)c1. The molecular formula is C28H21F3N4O2. The Bertz CT molecular complexity index is 1690. The third-order valence-corrected chi connectivity index (χ3v) is 6.56. The van der Waals surface area contributed by atoms with Crippen LogP contribution in [0, 0.1) is 0 Å². The van der Waals surface area contributed by atoms with Gasteiger partial charge in [0.2, 0.25) is 0 Å². The van der Waals surface area contributed by atoms with Crippen LogP contribution in [0.15, 0.2) is 83.9 Å². The van der Waals surface area contributed by atoms with Crippen LogP contribution in [0.1, 0.15) is 5.56 Å². The second-order valence-electron chi connectivity index (χ2n) is 8.82. The zero-order valence-corrected chi connectivity index (χ0v) is 19.6. The zero-order chi connectivity index (χ0) is 25.6. The maximum Gasteiger partial charge on any atom is 0.416 e. The van der Waals surface area contributed by atoms with Crippen LogP contribution in [0.25, 0.3) is 38.8 Å². The summed E-state index contributed by atoms with van der Waals surface area (Å²) in [6.45, 7) is 2.74. The highest BCUT2D eigenvalue weighted by molar-refractivity contribution is 6.05. The van der Waals surface area contributed by atoms with Crippen molar-refractivity contribution in [2.45, 2.75) is 6.18 Å². The van der Waals surface area contributed by atoms with E-state index in [9.17, 15) is 18.0 Å². The van der Waals surface area contributed by atoms with Crippen molar-refractivity contribution < 1.29 is 17.9 Å². The lowest BCUT2D eigenvalue weighted by molar-refractivity contribution is -0.137. The van der Waals surface area contributed by atoms with Gasteiger partial charge in [0.25, 0.3) is 5.56 Å². The molecule has 0 amide bonds. The Morgan fingerprint density at radius 2 is 1.73 bits per heavy atom. The number of halogens is 3. The number of fused-ring (bicyclic) bond motifs is 3. The summed E-state index contributed by atoms with van der Waals surface area (Å²) in [5.41, 5.74) is 2.54. The first-order chi connectivity index (χ1) is 17.9. The van der Waals surface area contributed by atoms with Gasteiger partial charge in [-0.05, 0) is 48.5 Å². The van der Waals surface area contributed by atoms with Gasteiger partial charge in [-0.15, -0.1) is 0 Å². The lowest BCUT2D eigenvalue weighted by Gasteiger charge is -2.30. The van der Waals surface area contributed by atoms with E-state index < -0.39 is 17.3 Å². The molecule has 0 radical (unpaired) electrons. The van der Waals surface area contributed by atoms with E-state index in [1.807, 2.05) is 30.3 Å². The Balaban J connectivity index is 1.60. The number of rotatable bonds is 3. The fourth-order valence-electron chi connectivity index (χ4n) is 4.81. The Morgan fingerprint density at radius 3 is 2.54 bits per heavy atom. The minimum Gasteiger partial charge on any atom is -0.378 e. The van der Waals surface area contributed by atoms with Gasteiger partial charge in [-0.25, -0.2) is 0 Å². The Labute approximate surface area is 209 Å². The summed E-state index contributed by atoms with van der Waals surface area (Å²) >= 11 is 0. The highest BCUT2D eigenvalue weighted by Crippen LogP contribution is 2.34. The van der Waals surface area contributed by atoms with Crippen molar-refractivity contribution in [2.24, 2.45) is 0 Å². The molecule has 6 nitrogen and oxygen atoms in total. The summed E-state index contributed by atoms with van der Waals surface area (Å²) in [5, 5.41) is 1.28. The average molecular weight is 502 g/mol. The number of hydrogen-bond donors (Lipinski definition) is 0. The van der Waals surface area contributed by atoms with Crippen molar-refractivity contribution in [3.63, 3.8) is 0 Å². The van der Waals surface area contributed by atoms with Gasteiger partial charge in [0.15, 0.2) is 0 Å². The molecule has 1 aliphatic heterocycles. The molecule has 186 valence electrons. The number of pyridine rings is 3. The van der Waals surface area contributed by atoms with Gasteiger partial charge < -0.3 is 9.64 Å². The molecule has 1 fully saturated rings. The molecular weight excluding hydrogens is 481 g/mol. The maximum absolute atomic E-state index is 13.5. The molecule has 0 spiro atoms. The third-order valence-electron chi connectivity index (χ3n) is 6.56. The highest BCUT2D eigenvalue weighted by Gasteiger charge is 2.30. The van der Waals surface area contributed by atoms with E-state index in [1.54, 1.807) is 18.5 Å². The number of ether oxygens (including phenoxy) is 1. The average Bonchev–Trinajstić information content (AvgIpc) is 2.92. The largest absolute Gasteiger partial charge is 0.416 e. The molecule has 3 aromatic heterocycles. The Kier molecular flexibility index (Phi) is 5.64. The number of anilines is 1. The molecule has 0 bridgehead atoms. The van der Waals surface area contributed by atoms with Crippen LogP contribution in [-0.2, 0) is 10.9 Å². The molecule has 5 aromatic rings. The van der Waals surface area contributed by atoms with E-state index in [0.29, 0.717) is 35.0 Å². The van der Waals surface area contributed by atoms with Crippen molar-refractivity contribution in [1.29, 1.82) is 0 Å². The summed E-state index contributed by atoms with van der Waals surface area (Å²) in [6.07, 6.45) is -1.18. The number of morpholine rings is 1. The fourth-order valence-corrected chi connectivity index (χ4v) is 4.81. The van der Waals surface area contributed by atoms with Crippen molar-refractivity contribution in [1.82, 2.24) is 14.5 Å². The van der Waals surface area contributed by atoms with Crippen LogP contribution in [0.4, 0.5) is 18.9 Å². The van der Waals surface area contributed by atoms with E-state index in [4.69, 9.17) is 4.74 Å². The van der Waals surface area contributed by atoms with Gasteiger partial charge in [-0.3, -0.25) is 19.3 Å². The van der Waals surface area contributed by atoms with Crippen molar-refractivity contribution in [3.05, 3.63) is 95.0 Å². The van der Waals surface area contributed by atoms with Gasteiger partial charge >= 0.3 is 6.18 Å². The molecule has 0 atom stereocenters. The first kappa shape index (κ1) is 23.2. The van der Waals surface area contributed by atoms with E-state index in [2.05, 4.69) is 14.9 Å². The molecule has 4 heterocycles. The second kappa shape index (κ2) is 9.01. The van der Waals surface area contributed by atoms with Crippen LogP contribution >= 0.6 is 0 Å². The van der Waals surface area contributed by atoms with Crippen LogP contribution in [0.2, 0.25) is 0 Å². The monoisotopic (exact) mass is 502 g/mol. The van der Waals surface area contributed by atoms with Gasteiger partial charge in [0, 0.05) is 53.6 Å². The van der Waals surface area contributed by atoms with Gasteiger partial charge in [0.05, 0.1) is 41.2 Å². The molecule has 9 heteroatoms. The molecule has 0 N–H and O–H groups in total. The van der Waals surface area contributed by atoms with Crippen LogP contribution in [0.3, 0.4) is 0 Å². The minimum atomic E-state index is -4.53. The van der Waals surface area contributed by atoms with E-state index in [1.165, 1.54) is 22.8 Å². The quantitative estimate of drug-likeness (QED) is 0.307. The molecule has 2 aromatic carbocycles. The first-order valence-corrected chi connectivity index (χ1v) is 11.8. The summed E-state index contributed by atoms with van der Waals surface area (Å²) in [4.78, 5) is 24.5. The lowest BCUT2D eigenvalue weighted by Crippen LogP contribution is -2.36. The predicted molar refractivity (Wildman–Crippen MR) is 136 cm³/mol. The van der Waals surface area contributed by atoms with E-state index >= 15 is 0 Å². The number of aromatic nitrogens is 3. The summed E-state index contributed by atoms with van der Waals surface area (Å²) in [6, 6.07) is 17.3. The number of nitrogens with zero attached hydrogens (tertiary/aromatic N) is 4. The minimum absolute atomic E-state index is 0.134. The zero-order valence-electron chi connectivity index (χ0n) is 19.6. The van der Waals surface area contributed by atoms with Crippen molar-refractivity contribution >= 4 is 27.5 Å². The number of hydrogen-bond acceptors (Lipinski definition) is 5. The van der Waals surface area contributed by atoms with Crippen molar-refractivity contribution in [3.8, 4) is 16.9 Å². The smallest absolute Gasteiger partial charge is 0.378 e. The van der Waals surface area contributed by atoms with Crippen LogP contribution in [-0.4, -0.2) is 40.8 Å². The second-order valence-corrected chi connectivity index (χ2v) is 8.82. The highest BCUT2D eigenvalue weighted by atomic mass is 19.4. The Morgan fingerprint density at radius 1 is 0.892 bits per heavy atom. The van der Waals surface area contributed by atoms with Crippen LogP contribution in [0.5, 0.6) is 0 Å². The standard InChI is InChI=1S/C28H21F3N4O2/c29-28(30,31)20-3-1-4-21(16-20)35-25(36)9-7-19-17-33-23-8-6-18(15-22(23)27(19)35)26-24(5-2-10-32-26)34-11-13-37-14-12-34/h1-10,15-17H,11-14H2. The van der Waals surface area contributed by atoms with Crippen molar-refractivity contribution in [2.75, 3.05) is 31.2 Å². The molecule has 6 rings (SSSR count). The molecule has 0 unspecified atom stereocenters. The number of benzene rings is 2. The first-order valence-electron chi connectivity index (χ1n) is 11.8. The Hall–Kier alpha value is -4.24. The van der Waals surface area contributed by atoms with Gasteiger partial charge in [-0.1, -0.05) is 12.1 Å². The third kappa shape index (κ3) is 4.21. The van der Waals surface area contributed by atoms with E-state index in [0.717, 1.165) is 42.2 Å². The lowest BCUT2D eigenvalue weighted by atomic mass is 10.0. The van der Waals surface area contributed by atoms with Gasteiger partial charge in [-0.2, -0.15) is 13.2 Å². The summed E-state index contributed by atoms with van der Waals surface area (Å²) < 4.78 is 47.2. The normalized spacial score (nSPS) is 14.4. The van der Waals surface area contributed by atoms with Gasteiger partial charge in [0.1, 0.15) is 0 Å². The fraction of sp³-hybridized carbons (Fsp3) is 0.179. The number of alkyl halides is 3. The maximum atomic E-state index is 13.5. The molecule has 1 aliphatic rings. The van der Waals surface area contributed by atoms with E-state index in [-0.39, 0.29) is 5.69 Å². The topological polar surface area (TPSA) is 60.3 Å². The van der Waals surface area contributed by atoms with Crippen LogP contribution < -0.4 is 10.5 Å². The molecule has 37 heavy (non-hydrogen) atoms.